The topological polar surface area (TPSA) is 0 Å². The van der Waals surface area contributed by atoms with Crippen molar-refractivity contribution in [3.63, 3.8) is 0 Å². The Morgan fingerprint density at radius 3 is 2.60 bits per heavy atom. The summed E-state index contributed by atoms with van der Waals surface area (Å²) in [5.41, 5.74) is 0. The third-order valence-corrected chi connectivity index (χ3v) is 2.91. The fourth-order valence-electron chi connectivity index (χ4n) is 0.411. The maximum Gasteiger partial charge on any atom is 0.137 e. The van der Waals surface area contributed by atoms with Crippen molar-refractivity contribution in [2.75, 3.05) is 5.75 Å². The van der Waals surface area contributed by atoms with Crippen LogP contribution >= 0.6 is 35.0 Å². The van der Waals surface area contributed by atoms with Crippen molar-refractivity contribution in [1.82, 2.24) is 0 Å². The van der Waals surface area contributed by atoms with Gasteiger partial charge in [0.1, 0.15) is 4.84 Å². The molecule has 3 heteroatoms. The highest BCUT2D eigenvalue weighted by molar-refractivity contribution is 8.03. The van der Waals surface area contributed by atoms with Crippen LogP contribution in [0.3, 0.4) is 0 Å². The Labute approximate surface area is 77.0 Å². The molecule has 0 aromatic rings. The normalized spacial score (nSPS) is 10.4. The predicted octanol–water partition coefficient (Wildman–Crippen LogP) is 3.84. The van der Waals surface area contributed by atoms with Crippen LogP contribution in [0.25, 0.3) is 0 Å². The zero-order chi connectivity index (χ0) is 7.98. The van der Waals surface area contributed by atoms with Crippen molar-refractivity contribution >= 4 is 35.0 Å². The minimum absolute atomic E-state index is 0.415. The molecule has 0 nitrogen and oxygen atoms in total. The number of hydrogen-bond donors (Lipinski definition) is 0. The summed E-state index contributed by atoms with van der Waals surface area (Å²) in [5, 5.41) is 0. The van der Waals surface area contributed by atoms with Crippen LogP contribution in [0, 0.1) is 0 Å². The van der Waals surface area contributed by atoms with E-state index < -0.39 is 4.84 Å². The van der Waals surface area contributed by atoms with Gasteiger partial charge < -0.3 is 0 Å². The molecule has 0 aromatic heterocycles. The summed E-state index contributed by atoms with van der Waals surface area (Å²) in [7, 11) is 0. The first-order valence-corrected chi connectivity index (χ1v) is 5.14. The van der Waals surface area contributed by atoms with E-state index in [1.165, 1.54) is 12.8 Å². The van der Waals surface area contributed by atoms with Gasteiger partial charge in [0.2, 0.25) is 0 Å². The second kappa shape index (κ2) is 6.38. The highest BCUT2D eigenvalue weighted by atomic mass is 35.5. The molecule has 0 bridgehead atoms. The highest BCUT2D eigenvalue weighted by Crippen LogP contribution is 2.24. The first-order chi connectivity index (χ1) is 4.68. The predicted molar refractivity (Wildman–Crippen MR) is 52.0 cm³/mol. The Morgan fingerprint density at radius 1 is 1.60 bits per heavy atom. The third kappa shape index (κ3) is 5.45. The van der Waals surface area contributed by atoms with Gasteiger partial charge in [-0.25, -0.2) is 0 Å². The van der Waals surface area contributed by atoms with Crippen molar-refractivity contribution < 1.29 is 0 Å². The average Bonchev–Trinajstić information content (AvgIpc) is 1.88. The largest absolute Gasteiger partial charge is 0.137 e. The fraction of sp³-hybridized carbons (Fsp3) is 0.714. The smallest absolute Gasteiger partial charge is 0.128 e. The lowest BCUT2D eigenvalue weighted by Gasteiger charge is -2.03. The summed E-state index contributed by atoms with van der Waals surface area (Å²) in [6, 6.07) is 0. The fourth-order valence-corrected chi connectivity index (χ4v) is 1.61. The van der Waals surface area contributed by atoms with Crippen molar-refractivity contribution in [2.24, 2.45) is 0 Å². The molecule has 0 radical (unpaired) electrons. The monoisotopic (exact) mass is 198 g/mol. The number of thioether (sulfide) groups is 1. The number of rotatable bonds is 5. The molecule has 0 fully saturated rings. The molecular weight excluding hydrogens is 187 g/mol. The summed E-state index contributed by atoms with van der Waals surface area (Å²) < 4.78 is 0. The van der Waals surface area contributed by atoms with Gasteiger partial charge in [-0.3, -0.25) is 0 Å². The van der Waals surface area contributed by atoms with Crippen molar-refractivity contribution in [3.8, 4) is 0 Å². The van der Waals surface area contributed by atoms with Crippen LogP contribution in [0.1, 0.15) is 19.8 Å². The lowest BCUT2D eigenvalue weighted by molar-refractivity contribution is 0.897. The highest BCUT2D eigenvalue weighted by Gasteiger charge is 2.03. The minimum Gasteiger partial charge on any atom is -0.128 e. The van der Waals surface area contributed by atoms with Gasteiger partial charge in [-0.2, -0.15) is 0 Å². The van der Waals surface area contributed by atoms with Gasteiger partial charge in [0.15, 0.2) is 0 Å². The molecule has 0 amide bonds. The van der Waals surface area contributed by atoms with Crippen molar-refractivity contribution in [3.05, 3.63) is 11.5 Å². The van der Waals surface area contributed by atoms with Crippen LogP contribution in [0.4, 0.5) is 0 Å². The van der Waals surface area contributed by atoms with Gasteiger partial charge in [-0.1, -0.05) is 43.1 Å². The molecule has 0 aliphatic carbocycles. The summed E-state index contributed by atoms with van der Waals surface area (Å²) in [6.07, 6.45) is 2.40. The molecule has 0 aromatic carbocycles. The average molecular weight is 199 g/mol. The van der Waals surface area contributed by atoms with Crippen LogP contribution in [0.5, 0.6) is 0 Å². The number of halogens is 2. The Bertz CT molecular complexity index is 102. The number of alkyl halides is 2. The van der Waals surface area contributed by atoms with Gasteiger partial charge >= 0.3 is 0 Å². The maximum absolute atomic E-state index is 5.55. The molecule has 0 spiro atoms. The molecule has 60 valence electrons. The zero-order valence-corrected chi connectivity index (χ0v) is 8.40. The van der Waals surface area contributed by atoms with Crippen molar-refractivity contribution in [1.29, 1.82) is 0 Å². The van der Waals surface area contributed by atoms with Crippen LogP contribution in [-0.2, 0) is 0 Å². The summed E-state index contributed by atoms with van der Waals surface area (Å²) in [6.45, 7) is 5.88. The Hall–Kier alpha value is 0.670. The maximum atomic E-state index is 5.55. The number of hydrogen-bond acceptors (Lipinski definition) is 1. The molecule has 0 N–H and O–H groups in total. The molecule has 0 saturated heterocycles. The lowest BCUT2D eigenvalue weighted by Crippen LogP contribution is -1.88. The molecule has 0 aliphatic rings. The van der Waals surface area contributed by atoms with E-state index in [1.807, 2.05) is 0 Å². The van der Waals surface area contributed by atoms with E-state index in [2.05, 4.69) is 13.5 Å². The van der Waals surface area contributed by atoms with E-state index in [1.54, 1.807) is 11.8 Å². The summed E-state index contributed by atoms with van der Waals surface area (Å²) >= 11 is 12.8. The third-order valence-electron chi connectivity index (χ3n) is 1.03. The van der Waals surface area contributed by atoms with E-state index in [4.69, 9.17) is 23.2 Å². The molecule has 0 rings (SSSR count). The quantitative estimate of drug-likeness (QED) is 0.478. The minimum atomic E-state index is -0.415. The first kappa shape index (κ1) is 10.7. The van der Waals surface area contributed by atoms with E-state index in [0.29, 0.717) is 0 Å². The lowest BCUT2D eigenvalue weighted by atomic mass is 10.4. The molecular formula is C7H12Cl2S. The van der Waals surface area contributed by atoms with Gasteiger partial charge in [-0.15, -0.1) is 11.8 Å². The van der Waals surface area contributed by atoms with Crippen LogP contribution in [0.15, 0.2) is 11.5 Å². The van der Waals surface area contributed by atoms with Crippen LogP contribution in [0.2, 0.25) is 0 Å². The molecule has 0 unspecified atom stereocenters. The van der Waals surface area contributed by atoms with E-state index >= 15 is 0 Å². The first-order valence-electron chi connectivity index (χ1n) is 3.28. The summed E-state index contributed by atoms with van der Waals surface area (Å²) in [5.74, 6) is 1.07. The molecule has 0 heterocycles. The van der Waals surface area contributed by atoms with E-state index in [-0.39, 0.29) is 0 Å². The zero-order valence-electron chi connectivity index (χ0n) is 6.07. The molecule has 0 aliphatic heterocycles. The SMILES string of the molecule is C=C(SCCCC)C(Cl)Cl. The summed E-state index contributed by atoms with van der Waals surface area (Å²) in [4.78, 5) is 0.443. The van der Waals surface area contributed by atoms with Crippen LogP contribution in [-0.4, -0.2) is 10.6 Å². The van der Waals surface area contributed by atoms with Crippen molar-refractivity contribution in [2.45, 2.75) is 24.6 Å². The Kier molecular flexibility index (Phi) is 6.81. The number of allylic oxidation sites excluding steroid dienone is 1. The molecule has 0 atom stereocenters. The van der Waals surface area contributed by atoms with Crippen LogP contribution < -0.4 is 0 Å². The molecule has 10 heavy (non-hydrogen) atoms. The van der Waals surface area contributed by atoms with Gasteiger partial charge in [0.25, 0.3) is 0 Å². The van der Waals surface area contributed by atoms with Gasteiger partial charge in [0, 0.05) is 4.91 Å². The Morgan fingerprint density at radius 2 is 2.20 bits per heavy atom. The van der Waals surface area contributed by atoms with E-state index in [0.717, 1.165) is 10.7 Å². The molecule has 0 saturated carbocycles. The number of unbranched alkanes of at least 4 members (excludes halogenated alkanes) is 1. The van der Waals surface area contributed by atoms with E-state index in [9.17, 15) is 0 Å². The second-order valence-corrected chi connectivity index (χ2v) is 4.29. The van der Waals surface area contributed by atoms with Gasteiger partial charge in [-0.05, 0) is 12.2 Å². The Balaban J connectivity index is 3.22. The standard InChI is InChI=1S/C7H12Cl2S/c1-3-4-5-10-6(2)7(8)9/h7H,2-5H2,1H3. The van der Waals surface area contributed by atoms with Gasteiger partial charge in [0.05, 0.1) is 0 Å². The second-order valence-electron chi connectivity index (χ2n) is 1.97.